The fraction of sp³-hybridized carbons (Fsp3) is 0.182. The maximum absolute atomic E-state index is 11.5. The number of rotatable bonds is 4. The fourth-order valence-corrected chi connectivity index (χ4v) is 1.18. The molecule has 0 spiro atoms. The Balaban J connectivity index is 0.00000289. The molecule has 0 aliphatic carbocycles. The molecular weight excluding hydrogens is 253 g/mol. The molecule has 1 aromatic heterocycles. The van der Waals surface area contributed by atoms with Gasteiger partial charge in [0.1, 0.15) is 0 Å². The normalized spacial score (nSPS) is 10.4. The standard InChI is InChI=1S/C11H10ClNO4.Li/c1-2-17-11(16)10(15)4-9(14)7-3-8(12)6-13-5-7;/h3-6,14H,2H2,1H3;/p-1. The zero-order valence-corrected chi connectivity index (χ0v) is 10.7. The summed E-state index contributed by atoms with van der Waals surface area (Å²) >= 11 is 5.63. The molecule has 7 heteroatoms. The Morgan fingerprint density at radius 1 is 1.50 bits per heavy atom. The molecule has 0 amide bonds. The van der Waals surface area contributed by atoms with Gasteiger partial charge in [-0.3, -0.25) is 9.78 Å². The average molecular weight is 262 g/mol. The van der Waals surface area contributed by atoms with Crippen molar-refractivity contribution in [2.45, 2.75) is 6.92 Å². The number of carbonyl (C=O) groups excluding carboxylic acids is 2. The van der Waals surface area contributed by atoms with Gasteiger partial charge in [0.2, 0.25) is 0 Å². The molecule has 1 radical (unpaired) electrons. The Kier molecular flexibility index (Phi) is 7.37. The van der Waals surface area contributed by atoms with E-state index in [1.54, 1.807) is 6.92 Å². The van der Waals surface area contributed by atoms with Crippen molar-refractivity contribution in [2.24, 2.45) is 0 Å². The molecule has 0 saturated heterocycles. The van der Waals surface area contributed by atoms with E-state index in [2.05, 4.69) is 9.72 Å². The summed E-state index contributed by atoms with van der Waals surface area (Å²) in [6.45, 7) is 1.64. The van der Waals surface area contributed by atoms with Crippen LogP contribution in [0.3, 0.4) is 0 Å². The molecule has 0 aliphatic heterocycles. The summed E-state index contributed by atoms with van der Waals surface area (Å²) < 4.78 is 4.45. The van der Waals surface area contributed by atoms with Gasteiger partial charge in [-0.25, -0.2) is 4.79 Å². The zero-order chi connectivity index (χ0) is 12.8. The van der Waals surface area contributed by atoms with Gasteiger partial charge in [0.25, 0.3) is 5.78 Å². The monoisotopic (exact) mass is 261 g/mol. The van der Waals surface area contributed by atoms with Gasteiger partial charge in [-0.05, 0) is 24.6 Å². The Morgan fingerprint density at radius 3 is 2.72 bits per heavy atom. The van der Waals surface area contributed by atoms with Crippen LogP contribution in [0.5, 0.6) is 0 Å². The first kappa shape index (κ1) is 16.7. The van der Waals surface area contributed by atoms with Crippen LogP contribution in [0.15, 0.2) is 24.5 Å². The van der Waals surface area contributed by atoms with E-state index >= 15 is 0 Å². The first-order chi connectivity index (χ1) is 8.04. The maximum atomic E-state index is 11.5. The second-order valence-corrected chi connectivity index (χ2v) is 3.42. The Morgan fingerprint density at radius 2 is 2.17 bits per heavy atom. The minimum absolute atomic E-state index is 0. The molecule has 1 rings (SSSR count). The van der Waals surface area contributed by atoms with Crippen LogP contribution in [0.4, 0.5) is 0 Å². The molecule has 91 valence electrons. The molecule has 0 unspecified atom stereocenters. The molecule has 1 heterocycles. The van der Waals surface area contributed by atoms with Crippen molar-refractivity contribution in [3.8, 4) is 0 Å². The number of hydrogen-bond acceptors (Lipinski definition) is 5. The first-order valence-electron chi connectivity index (χ1n) is 4.75. The molecule has 0 aliphatic rings. The SMILES string of the molecule is CCOC(=O)C(=O)C=C([O-])c1cncc(Cl)c1.[Li]. The van der Waals surface area contributed by atoms with E-state index in [4.69, 9.17) is 11.6 Å². The van der Waals surface area contributed by atoms with E-state index in [0.717, 1.165) is 0 Å². The van der Waals surface area contributed by atoms with E-state index in [-0.39, 0.29) is 36.1 Å². The van der Waals surface area contributed by atoms with Gasteiger partial charge in [-0.2, -0.15) is 0 Å². The molecule has 5 nitrogen and oxygen atoms in total. The number of halogens is 1. The number of hydrogen-bond donors (Lipinski definition) is 0. The predicted molar refractivity (Wildman–Crippen MR) is 64.6 cm³/mol. The van der Waals surface area contributed by atoms with Crippen molar-refractivity contribution >= 4 is 48.0 Å². The van der Waals surface area contributed by atoms with Crippen LogP contribution < -0.4 is 5.11 Å². The minimum Gasteiger partial charge on any atom is -0.872 e. The third kappa shape index (κ3) is 4.92. The number of aromatic nitrogens is 1. The molecule has 0 atom stereocenters. The molecule has 0 bridgehead atoms. The molecule has 0 fully saturated rings. The molecular formula is C11H9ClLiNO4-. The van der Waals surface area contributed by atoms with Crippen LogP contribution in [-0.2, 0) is 14.3 Å². The van der Waals surface area contributed by atoms with Gasteiger partial charge in [-0.1, -0.05) is 17.4 Å². The molecule has 0 N–H and O–H groups in total. The smallest absolute Gasteiger partial charge is 0.378 e. The Labute approximate surface area is 121 Å². The third-order valence-electron chi connectivity index (χ3n) is 1.73. The van der Waals surface area contributed by atoms with Crippen LogP contribution >= 0.6 is 11.6 Å². The quantitative estimate of drug-likeness (QED) is 0.254. The van der Waals surface area contributed by atoms with Crippen LogP contribution in [-0.4, -0.2) is 42.2 Å². The van der Waals surface area contributed by atoms with Gasteiger partial charge < -0.3 is 9.84 Å². The van der Waals surface area contributed by atoms with Gasteiger partial charge in [-0.15, -0.1) is 0 Å². The number of ketones is 1. The largest absolute Gasteiger partial charge is 0.872 e. The van der Waals surface area contributed by atoms with Gasteiger partial charge >= 0.3 is 5.97 Å². The van der Waals surface area contributed by atoms with Crippen molar-refractivity contribution in [3.05, 3.63) is 35.1 Å². The molecule has 0 aromatic carbocycles. The van der Waals surface area contributed by atoms with Crippen molar-refractivity contribution in [2.75, 3.05) is 6.61 Å². The predicted octanol–water partition coefficient (Wildman–Crippen LogP) is 0.188. The van der Waals surface area contributed by atoms with Crippen LogP contribution in [0, 0.1) is 0 Å². The van der Waals surface area contributed by atoms with E-state index in [1.807, 2.05) is 0 Å². The summed E-state index contributed by atoms with van der Waals surface area (Å²) in [6, 6.07) is 1.35. The number of ether oxygens (including phenoxy) is 1. The molecule has 18 heavy (non-hydrogen) atoms. The Hall–Kier alpha value is -1.28. The topological polar surface area (TPSA) is 79.3 Å². The summed E-state index contributed by atoms with van der Waals surface area (Å²) in [5, 5.41) is 11.8. The minimum atomic E-state index is -1.06. The number of nitrogens with zero attached hydrogens (tertiary/aromatic N) is 1. The van der Waals surface area contributed by atoms with Crippen molar-refractivity contribution in [1.29, 1.82) is 0 Å². The number of carbonyl (C=O) groups is 2. The summed E-state index contributed by atoms with van der Waals surface area (Å²) in [7, 11) is 0. The molecule has 1 aromatic rings. The van der Waals surface area contributed by atoms with Crippen LogP contribution in [0.1, 0.15) is 12.5 Å². The maximum Gasteiger partial charge on any atom is 0.378 e. The zero-order valence-electron chi connectivity index (χ0n) is 9.97. The van der Waals surface area contributed by atoms with E-state index in [0.29, 0.717) is 6.08 Å². The van der Waals surface area contributed by atoms with E-state index in [9.17, 15) is 14.7 Å². The van der Waals surface area contributed by atoms with Crippen molar-refractivity contribution < 1.29 is 19.4 Å². The second kappa shape index (κ2) is 7.93. The first-order valence-corrected chi connectivity index (χ1v) is 5.13. The third-order valence-corrected chi connectivity index (χ3v) is 1.93. The van der Waals surface area contributed by atoms with Gasteiger partial charge in [0.05, 0.1) is 11.6 Å². The second-order valence-electron chi connectivity index (χ2n) is 2.99. The molecule has 0 saturated carbocycles. The van der Waals surface area contributed by atoms with E-state index in [1.165, 1.54) is 18.5 Å². The number of pyridine rings is 1. The summed E-state index contributed by atoms with van der Waals surface area (Å²) in [5.41, 5.74) is 0.134. The van der Waals surface area contributed by atoms with Gasteiger partial charge in [0, 0.05) is 31.3 Å². The Bertz CT molecular complexity index is 476. The van der Waals surface area contributed by atoms with Gasteiger partial charge in [0.15, 0.2) is 0 Å². The summed E-state index contributed by atoms with van der Waals surface area (Å²) in [4.78, 5) is 25.9. The van der Waals surface area contributed by atoms with E-state index < -0.39 is 17.5 Å². The van der Waals surface area contributed by atoms with Crippen LogP contribution in [0.25, 0.3) is 5.76 Å². The van der Waals surface area contributed by atoms with Crippen molar-refractivity contribution in [3.63, 3.8) is 0 Å². The summed E-state index contributed by atoms with van der Waals surface area (Å²) in [6.07, 6.45) is 3.26. The van der Waals surface area contributed by atoms with Crippen molar-refractivity contribution in [1.82, 2.24) is 4.98 Å². The summed E-state index contributed by atoms with van der Waals surface area (Å²) in [5.74, 6) is -2.70. The fourth-order valence-electron chi connectivity index (χ4n) is 1.01. The number of esters is 1. The van der Waals surface area contributed by atoms with Crippen LogP contribution in [0.2, 0.25) is 5.02 Å². The average Bonchev–Trinajstić information content (AvgIpc) is 2.29.